The summed E-state index contributed by atoms with van der Waals surface area (Å²) in [5.74, 6) is 0.834. The summed E-state index contributed by atoms with van der Waals surface area (Å²) in [6.45, 7) is 8.64. The van der Waals surface area contributed by atoms with E-state index in [1.807, 2.05) is 0 Å². The Hall–Kier alpha value is 0.660. The van der Waals surface area contributed by atoms with Crippen molar-refractivity contribution in [2.45, 2.75) is 26.0 Å². The maximum Gasteiger partial charge on any atom is 0.0230 e. The van der Waals surface area contributed by atoms with Gasteiger partial charge in [-0.25, -0.2) is 0 Å². The summed E-state index contributed by atoms with van der Waals surface area (Å²) in [7, 11) is 0. The molecule has 0 rings (SSSR count). The molecule has 0 aromatic carbocycles. The van der Waals surface area contributed by atoms with Crippen LogP contribution in [-0.4, -0.2) is 24.1 Å². The molecule has 0 aliphatic heterocycles. The quantitative estimate of drug-likeness (QED) is 0.579. The van der Waals surface area contributed by atoms with Crippen LogP contribution in [0.25, 0.3) is 0 Å². The predicted molar refractivity (Wildman–Crippen MR) is 59.0 cm³/mol. The first-order valence-electron chi connectivity index (χ1n) is 3.95. The number of thiol groups is 2. The number of hydrogen-bond donors (Lipinski definition) is 3. The van der Waals surface area contributed by atoms with E-state index in [0.29, 0.717) is 10.7 Å². The van der Waals surface area contributed by atoms with Crippen molar-refractivity contribution in [3.8, 4) is 0 Å². The molecule has 0 saturated carbocycles. The van der Waals surface area contributed by atoms with Crippen LogP contribution in [0.3, 0.4) is 0 Å². The molecule has 68 valence electrons. The van der Waals surface area contributed by atoms with Gasteiger partial charge in [-0.3, -0.25) is 0 Å². The van der Waals surface area contributed by atoms with Crippen LogP contribution < -0.4 is 5.32 Å². The van der Waals surface area contributed by atoms with Crippen molar-refractivity contribution in [2.24, 2.45) is 5.41 Å². The van der Waals surface area contributed by atoms with Crippen molar-refractivity contribution in [3.05, 3.63) is 0 Å². The third kappa shape index (κ3) is 8.57. The summed E-state index contributed by atoms with van der Waals surface area (Å²) in [5.41, 5.74) is 0.365. The highest BCUT2D eigenvalue weighted by Gasteiger charge is 2.09. The normalized spacial score (nSPS) is 15.0. The Labute approximate surface area is 81.2 Å². The zero-order valence-electron chi connectivity index (χ0n) is 7.59. The molecule has 0 radical (unpaired) electrons. The van der Waals surface area contributed by atoms with Crippen LogP contribution >= 0.6 is 25.3 Å². The van der Waals surface area contributed by atoms with Crippen LogP contribution in [0, 0.1) is 5.41 Å². The molecule has 0 aromatic heterocycles. The van der Waals surface area contributed by atoms with E-state index in [4.69, 9.17) is 0 Å². The Morgan fingerprint density at radius 2 is 1.91 bits per heavy atom. The number of rotatable bonds is 4. The van der Waals surface area contributed by atoms with E-state index in [9.17, 15) is 0 Å². The standard InChI is InChI=1S/C8H19NS2/c1-8(2,3)6-9-4-7(11)5-10/h7,9-11H,4-6H2,1-3H3. The fourth-order valence-electron chi connectivity index (χ4n) is 0.678. The van der Waals surface area contributed by atoms with E-state index >= 15 is 0 Å². The zero-order chi connectivity index (χ0) is 8.91. The van der Waals surface area contributed by atoms with Gasteiger partial charge in [0.2, 0.25) is 0 Å². The van der Waals surface area contributed by atoms with Gasteiger partial charge in [0.1, 0.15) is 0 Å². The highest BCUT2D eigenvalue weighted by molar-refractivity contribution is 7.84. The van der Waals surface area contributed by atoms with Gasteiger partial charge in [0.25, 0.3) is 0 Å². The fourth-order valence-corrected chi connectivity index (χ4v) is 0.937. The summed E-state index contributed by atoms with van der Waals surface area (Å²) in [6, 6.07) is 0. The van der Waals surface area contributed by atoms with E-state index in [1.165, 1.54) is 0 Å². The molecule has 1 nitrogen and oxygen atoms in total. The molecule has 0 amide bonds. The Morgan fingerprint density at radius 1 is 1.36 bits per heavy atom. The molecule has 1 N–H and O–H groups in total. The maximum absolute atomic E-state index is 4.32. The zero-order valence-corrected chi connectivity index (χ0v) is 9.38. The van der Waals surface area contributed by atoms with Crippen molar-refractivity contribution in [1.82, 2.24) is 5.32 Å². The van der Waals surface area contributed by atoms with Crippen molar-refractivity contribution in [3.63, 3.8) is 0 Å². The minimum Gasteiger partial charge on any atom is -0.315 e. The highest BCUT2D eigenvalue weighted by Crippen LogP contribution is 2.10. The highest BCUT2D eigenvalue weighted by atomic mass is 32.1. The maximum atomic E-state index is 4.32. The molecule has 0 saturated heterocycles. The second-order valence-corrected chi connectivity index (χ2v) is 5.12. The monoisotopic (exact) mass is 193 g/mol. The molecular weight excluding hydrogens is 174 g/mol. The molecule has 0 aliphatic carbocycles. The number of hydrogen-bond acceptors (Lipinski definition) is 3. The Morgan fingerprint density at radius 3 is 2.27 bits per heavy atom. The first-order chi connectivity index (χ1) is 4.95. The van der Waals surface area contributed by atoms with Crippen molar-refractivity contribution >= 4 is 25.3 Å². The molecule has 0 spiro atoms. The minimum atomic E-state index is 0.365. The van der Waals surface area contributed by atoms with Crippen LogP contribution in [0.5, 0.6) is 0 Å². The van der Waals surface area contributed by atoms with Gasteiger partial charge in [-0.1, -0.05) is 20.8 Å². The predicted octanol–water partition coefficient (Wildman–Crippen LogP) is 1.85. The van der Waals surface area contributed by atoms with E-state index < -0.39 is 0 Å². The van der Waals surface area contributed by atoms with Crippen LogP contribution in [0.1, 0.15) is 20.8 Å². The molecule has 0 bridgehead atoms. The molecule has 0 fully saturated rings. The van der Waals surface area contributed by atoms with Gasteiger partial charge >= 0.3 is 0 Å². The molecule has 1 unspecified atom stereocenters. The SMILES string of the molecule is CC(C)(C)CNCC(S)CS. The summed E-state index contributed by atoms with van der Waals surface area (Å²) in [5, 5.41) is 3.73. The second-order valence-electron chi connectivity index (χ2n) is 4.03. The van der Waals surface area contributed by atoms with Crippen LogP contribution in [0.15, 0.2) is 0 Å². The molecule has 0 aromatic rings. The van der Waals surface area contributed by atoms with E-state index in [1.54, 1.807) is 0 Å². The topological polar surface area (TPSA) is 12.0 Å². The summed E-state index contributed by atoms with van der Waals surface area (Å²) >= 11 is 8.47. The fraction of sp³-hybridized carbons (Fsp3) is 1.00. The van der Waals surface area contributed by atoms with Crippen LogP contribution in [-0.2, 0) is 0 Å². The lowest BCUT2D eigenvalue weighted by atomic mass is 9.97. The van der Waals surface area contributed by atoms with Gasteiger partial charge in [0.15, 0.2) is 0 Å². The van der Waals surface area contributed by atoms with E-state index in [2.05, 4.69) is 51.3 Å². The largest absolute Gasteiger partial charge is 0.315 e. The molecule has 3 heteroatoms. The molecular formula is C8H19NS2. The second kappa shape index (κ2) is 5.33. The smallest absolute Gasteiger partial charge is 0.0230 e. The first-order valence-corrected chi connectivity index (χ1v) is 5.10. The summed E-state index contributed by atoms with van der Waals surface area (Å²) in [4.78, 5) is 0. The summed E-state index contributed by atoms with van der Waals surface area (Å²) in [6.07, 6.45) is 0. The Bertz CT molecular complexity index is 98.8. The van der Waals surface area contributed by atoms with Crippen molar-refractivity contribution in [2.75, 3.05) is 18.8 Å². The average Bonchev–Trinajstić information content (AvgIpc) is 1.85. The lowest BCUT2D eigenvalue weighted by Crippen LogP contribution is -2.32. The van der Waals surface area contributed by atoms with E-state index in [0.717, 1.165) is 18.8 Å². The Kier molecular flexibility index (Phi) is 5.65. The van der Waals surface area contributed by atoms with Gasteiger partial charge < -0.3 is 5.32 Å². The third-order valence-electron chi connectivity index (χ3n) is 1.25. The molecule has 0 heterocycles. The molecule has 0 aliphatic rings. The first kappa shape index (κ1) is 11.7. The third-order valence-corrected chi connectivity index (χ3v) is 2.34. The van der Waals surface area contributed by atoms with Gasteiger partial charge in [-0.15, -0.1) is 0 Å². The summed E-state index contributed by atoms with van der Waals surface area (Å²) < 4.78 is 0. The molecule has 11 heavy (non-hydrogen) atoms. The van der Waals surface area contributed by atoms with Crippen LogP contribution in [0.2, 0.25) is 0 Å². The van der Waals surface area contributed by atoms with Gasteiger partial charge in [0.05, 0.1) is 0 Å². The average molecular weight is 193 g/mol. The van der Waals surface area contributed by atoms with Gasteiger partial charge in [0, 0.05) is 24.1 Å². The van der Waals surface area contributed by atoms with Gasteiger partial charge in [-0.05, 0) is 5.41 Å². The van der Waals surface area contributed by atoms with E-state index in [-0.39, 0.29) is 0 Å². The van der Waals surface area contributed by atoms with Gasteiger partial charge in [-0.2, -0.15) is 25.3 Å². The number of nitrogens with one attached hydrogen (secondary N) is 1. The van der Waals surface area contributed by atoms with Crippen molar-refractivity contribution in [1.29, 1.82) is 0 Å². The molecule has 1 atom stereocenters. The minimum absolute atomic E-state index is 0.365. The lowest BCUT2D eigenvalue weighted by Gasteiger charge is -2.19. The lowest BCUT2D eigenvalue weighted by molar-refractivity contribution is 0.382. The Balaban J connectivity index is 3.28. The van der Waals surface area contributed by atoms with Crippen molar-refractivity contribution < 1.29 is 0 Å². The van der Waals surface area contributed by atoms with Crippen LogP contribution in [0.4, 0.5) is 0 Å².